The van der Waals surface area contributed by atoms with Crippen LogP contribution in [0.25, 0.3) is 0 Å². The summed E-state index contributed by atoms with van der Waals surface area (Å²) in [5.41, 5.74) is 5.94. The van der Waals surface area contributed by atoms with E-state index in [1.165, 1.54) is 12.1 Å². The maximum absolute atomic E-state index is 12.9. The first-order chi connectivity index (χ1) is 12.7. The van der Waals surface area contributed by atoms with Gasteiger partial charge in [0.05, 0.1) is 12.8 Å². The van der Waals surface area contributed by atoms with E-state index in [1.54, 1.807) is 18.3 Å². The average Bonchev–Trinajstić information content (AvgIpc) is 2.67. The lowest BCUT2D eigenvalue weighted by Gasteiger charge is -2.07. The normalized spacial score (nSPS) is 10.8. The molecule has 0 fully saturated rings. The van der Waals surface area contributed by atoms with Crippen LogP contribution >= 0.6 is 11.6 Å². The minimum atomic E-state index is -0.252. The number of nitrogens with zero attached hydrogens (tertiary/aromatic N) is 1. The lowest BCUT2D eigenvalue weighted by Crippen LogP contribution is -2.05. The van der Waals surface area contributed by atoms with Gasteiger partial charge in [-0.3, -0.25) is 0 Å². The molecule has 0 saturated heterocycles. The minimum Gasteiger partial charge on any atom is -0.489 e. The molecule has 3 aromatic carbocycles. The van der Waals surface area contributed by atoms with Gasteiger partial charge in [-0.15, -0.1) is 0 Å². The standard InChI is InChI=1S/C21H18ClFN2O/c22-19-8-4-16(5-9-19)13-24-25-14-18-2-1-3-21(12-18)26-15-17-6-10-20(23)11-7-17/h1-12,14,24H,13,15H2/b25-14-. The fourth-order valence-electron chi connectivity index (χ4n) is 2.29. The van der Waals surface area contributed by atoms with Crippen molar-refractivity contribution >= 4 is 17.8 Å². The molecule has 1 N–H and O–H groups in total. The Bertz CT molecular complexity index is 864. The Morgan fingerprint density at radius 1 is 0.962 bits per heavy atom. The van der Waals surface area contributed by atoms with Crippen molar-refractivity contribution in [2.24, 2.45) is 5.10 Å². The summed E-state index contributed by atoms with van der Waals surface area (Å²) in [5, 5.41) is 4.94. The van der Waals surface area contributed by atoms with Crippen LogP contribution in [0.15, 0.2) is 77.9 Å². The first-order valence-corrected chi connectivity index (χ1v) is 8.54. The van der Waals surface area contributed by atoms with E-state index in [1.807, 2.05) is 48.5 Å². The zero-order valence-electron chi connectivity index (χ0n) is 14.0. The van der Waals surface area contributed by atoms with Crippen molar-refractivity contribution in [2.75, 3.05) is 0 Å². The lowest BCUT2D eigenvalue weighted by atomic mass is 10.2. The fourth-order valence-corrected chi connectivity index (χ4v) is 2.42. The number of benzene rings is 3. The van der Waals surface area contributed by atoms with Gasteiger partial charge < -0.3 is 10.2 Å². The maximum Gasteiger partial charge on any atom is 0.123 e. The Labute approximate surface area is 157 Å². The Balaban J connectivity index is 1.51. The molecule has 3 rings (SSSR count). The summed E-state index contributed by atoms with van der Waals surface area (Å²) in [6.07, 6.45) is 1.74. The van der Waals surface area contributed by atoms with Crippen LogP contribution in [0.2, 0.25) is 5.02 Å². The highest BCUT2D eigenvalue weighted by atomic mass is 35.5. The molecule has 0 unspecified atom stereocenters. The molecular formula is C21H18ClFN2O. The monoisotopic (exact) mass is 368 g/mol. The quantitative estimate of drug-likeness (QED) is 0.460. The molecule has 0 aliphatic heterocycles. The Kier molecular flexibility index (Phi) is 6.23. The molecule has 5 heteroatoms. The maximum atomic E-state index is 12.9. The molecule has 3 aromatic rings. The average molecular weight is 369 g/mol. The number of hydrogen-bond donors (Lipinski definition) is 1. The first-order valence-electron chi connectivity index (χ1n) is 8.17. The van der Waals surface area contributed by atoms with Gasteiger partial charge >= 0.3 is 0 Å². The van der Waals surface area contributed by atoms with Crippen molar-refractivity contribution in [3.63, 3.8) is 0 Å². The van der Waals surface area contributed by atoms with E-state index in [0.717, 1.165) is 27.5 Å². The third-order valence-electron chi connectivity index (χ3n) is 3.68. The largest absolute Gasteiger partial charge is 0.489 e. The summed E-state index contributed by atoms with van der Waals surface area (Å²) in [6.45, 7) is 1.00. The third-order valence-corrected chi connectivity index (χ3v) is 3.93. The summed E-state index contributed by atoms with van der Waals surface area (Å²) < 4.78 is 18.7. The third kappa shape index (κ3) is 5.60. The van der Waals surface area contributed by atoms with Crippen LogP contribution in [-0.2, 0) is 13.2 Å². The van der Waals surface area contributed by atoms with Crippen LogP contribution in [0.5, 0.6) is 5.75 Å². The molecule has 0 aromatic heterocycles. The summed E-state index contributed by atoms with van der Waals surface area (Å²) in [4.78, 5) is 0. The second-order valence-electron chi connectivity index (χ2n) is 5.71. The van der Waals surface area contributed by atoms with Crippen molar-refractivity contribution in [3.8, 4) is 5.75 Å². The van der Waals surface area contributed by atoms with Crippen molar-refractivity contribution in [2.45, 2.75) is 13.2 Å². The predicted molar refractivity (Wildman–Crippen MR) is 103 cm³/mol. The van der Waals surface area contributed by atoms with Crippen LogP contribution in [0.1, 0.15) is 16.7 Å². The molecule has 0 aliphatic carbocycles. The van der Waals surface area contributed by atoms with Gasteiger partial charge in [0.1, 0.15) is 18.2 Å². The highest BCUT2D eigenvalue weighted by Gasteiger charge is 1.98. The van der Waals surface area contributed by atoms with E-state index in [9.17, 15) is 4.39 Å². The molecule has 0 atom stereocenters. The van der Waals surface area contributed by atoms with Crippen molar-refractivity contribution in [3.05, 3.63) is 100 Å². The SMILES string of the molecule is Fc1ccc(COc2cccc(/C=N\NCc3ccc(Cl)cc3)c2)cc1. The molecule has 0 bridgehead atoms. The van der Waals surface area contributed by atoms with Gasteiger partial charge in [0.25, 0.3) is 0 Å². The molecule has 0 heterocycles. The van der Waals surface area contributed by atoms with E-state index < -0.39 is 0 Å². The van der Waals surface area contributed by atoms with Crippen LogP contribution < -0.4 is 10.2 Å². The van der Waals surface area contributed by atoms with Gasteiger partial charge in [-0.05, 0) is 53.1 Å². The summed E-state index contributed by atoms with van der Waals surface area (Å²) >= 11 is 5.86. The van der Waals surface area contributed by atoms with Gasteiger partial charge in [0.2, 0.25) is 0 Å². The highest BCUT2D eigenvalue weighted by Crippen LogP contribution is 2.15. The van der Waals surface area contributed by atoms with Crippen LogP contribution in [0, 0.1) is 5.82 Å². The molecule has 0 amide bonds. The first kappa shape index (κ1) is 18.0. The number of ether oxygens (including phenoxy) is 1. The number of nitrogens with one attached hydrogen (secondary N) is 1. The molecule has 26 heavy (non-hydrogen) atoms. The number of halogens is 2. The number of rotatable bonds is 7. The van der Waals surface area contributed by atoms with E-state index in [2.05, 4.69) is 10.5 Å². The van der Waals surface area contributed by atoms with Crippen LogP contribution in [0.4, 0.5) is 4.39 Å². The van der Waals surface area contributed by atoms with Crippen molar-refractivity contribution < 1.29 is 9.13 Å². The number of hydrogen-bond acceptors (Lipinski definition) is 3. The number of hydrazone groups is 1. The van der Waals surface area contributed by atoms with Gasteiger partial charge in [0.15, 0.2) is 0 Å². The van der Waals surface area contributed by atoms with Gasteiger partial charge in [-0.25, -0.2) is 4.39 Å². The lowest BCUT2D eigenvalue weighted by molar-refractivity contribution is 0.306. The smallest absolute Gasteiger partial charge is 0.123 e. The molecule has 3 nitrogen and oxygen atoms in total. The summed E-state index contributed by atoms with van der Waals surface area (Å²) in [5.74, 6) is 0.481. The second-order valence-corrected chi connectivity index (χ2v) is 6.14. The zero-order chi connectivity index (χ0) is 18.2. The van der Waals surface area contributed by atoms with Crippen LogP contribution in [0.3, 0.4) is 0 Å². The van der Waals surface area contributed by atoms with Crippen molar-refractivity contribution in [1.29, 1.82) is 0 Å². The zero-order valence-corrected chi connectivity index (χ0v) is 14.8. The van der Waals surface area contributed by atoms with Crippen LogP contribution in [-0.4, -0.2) is 6.21 Å². The molecule has 0 spiro atoms. The van der Waals surface area contributed by atoms with E-state index in [-0.39, 0.29) is 5.82 Å². The molecule has 0 saturated carbocycles. The molecule has 132 valence electrons. The summed E-state index contributed by atoms with van der Waals surface area (Å²) in [7, 11) is 0. The van der Waals surface area contributed by atoms with Crippen molar-refractivity contribution in [1.82, 2.24) is 5.43 Å². The van der Waals surface area contributed by atoms with Gasteiger partial charge in [0, 0.05) is 5.02 Å². The predicted octanol–water partition coefficient (Wildman–Crippen LogP) is 5.18. The van der Waals surface area contributed by atoms with E-state index in [0.29, 0.717) is 13.2 Å². The molecule has 0 radical (unpaired) electrons. The Hall–Kier alpha value is -2.85. The second kappa shape index (κ2) is 9.02. The topological polar surface area (TPSA) is 33.6 Å². The molecular weight excluding hydrogens is 351 g/mol. The highest BCUT2D eigenvalue weighted by molar-refractivity contribution is 6.30. The molecule has 0 aliphatic rings. The fraction of sp³-hybridized carbons (Fsp3) is 0.0952. The van der Waals surface area contributed by atoms with Gasteiger partial charge in [-0.2, -0.15) is 5.10 Å². The van der Waals surface area contributed by atoms with E-state index in [4.69, 9.17) is 16.3 Å². The Morgan fingerprint density at radius 2 is 1.69 bits per heavy atom. The Morgan fingerprint density at radius 3 is 2.46 bits per heavy atom. The van der Waals surface area contributed by atoms with Gasteiger partial charge in [-0.1, -0.05) is 48.0 Å². The van der Waals surface area contributed by atoms with E-state index >= 15 is 0 Å². The minimum absolute atomic E-state index is 0.252. The summed E-state index contributed by atoms with van der Waals surface area (Å²) in [6, 6.07) is 21.5.